The second kappa shape index (κ2) is 8.41. The number of benzene rings is 2. The Morgan fingerprint density at radius 2 is 1.00 bits per heavy atom. The Hall–Kier alpha value is -3.61. The van der Waals surface area contributed by atoms with Crippen molar-refractivity contribution in [3.05, 3.63) is 66.0 Å². The van der Waals surface area contributed by atoms with Crippen molar-refractivity contribution in [3.8, 4) is 22.8 Å². The topological polar surface area (TPSA) is 87.5 Å². The molecule has 3 aromatic rings. The van der Waals surface area contributed by atoms with E-state index in [4.69, 9.17) is 0 Å². The fourth-order valence-electron chi connectivity index (χ4n) is 3.58. The minimum Gasteiger partial charge on any atom is -0.370 e. The molecule has 0 fully saturated rings. The molecule has 0 saturated carbocycles. The number of hydrogen-bond acceptors (Lipinski definition) is 7. The fraction of sp³-hybridized carbons (Fsp3) is 0.261. The van der Waals surface area contributed by atoms with E-state index in [-0.39, 0.29) is 0 Å². The number of aliphatic imine (C=N–C) groups is 2. The van der Waals surface area contributed by atoms with E-state index in [2.05, 4.69) is 59.8 Å². The molecule has 0 unspecified atom stereocenters. The first-order valence-electron chi connectivity index (χ1n) is 10.3. The van der Waals surface area contributed by atoms with Crippen LogP contribution in [0.3, 0.4) is 0 Å². The van der Waals surface area contributed by atoms with Crippen molar-refractivity contribution in [3.63, 3.8) is 0 Å². The largest absolute Gasteiger partial charge is 0.370 e. The van der Waals surface area contributed by atoms with Crippen LogP contribution in [0.15, 0.2) is 64.8 Å². The molecule has 0 spiro atoms. The van der Waals surface area contributed by atoms with Crippen LogP contribution in [0.5, 0.6) is 0 Å². The lowest BCUT2D eigenvalue weighted by Gasteiger charge is -2.15. The molecule has 2 aromatic carbocycles. The first-order chi connectivity index (χ1) is 14.9. The first-order valence-corrected chi connectivity index (χ1v) is 10.3. The highest BCUT2D eigenvalue weighted by atomic mass is 15.0. The van der Waals surface area contributed by atoms with Crippen LogP contribution in [0.2, 0.25) is 0 Å². The SMILES string of the molecule is c1nc(-c2ccc(C3=NCCCN3)cc2)nc(-c2ccc(C3=NCCCN3)cc2)n1. The predicted octanol–water partition coefficient (Wildman–Crippen LogP) is 2.69. The van der Waals surface area contributed by atoms with Gasteiger partial charge < -0.3 is 10.6 Å². The van der Waals surface area contributed by atoms with Crippen LogP contribution in [0.4, 0.5) is 0 Å². The Morgan fingerprint density at radius 3 is 1.40 bits per heavy atom. The number of amidine groups is 2. The van der Waals surface area contributed by atoms with Gasteiger partial charge in [-0.05, 0) is 12.8 Å². The molecular weight excluding hydrogens is 374 g/mol. The molecule has 7 nitrogen and oxygen atoms in total. The second-order valence-electron chi connectivity index (χ2n) is 7.31. The monoisotopic (exact) mass is 397 g/mol. The van der Waals surface area contributed by atoms with Crippen LogP contribution >= 0.6 is 0 Å². The van der Waals surface area contributed by atoms with Gasteiger partial charge in [0.2, 0.25) is 0 Å². The Bertz CT molecular complexity index is 1000. The van der Waals surface area contributed by atoms with Crippen LogP contribution in [0.1, 0.15) is 24.0 Å². The summed E-state index contributed by atoms with van der Waals surface area (Å²) >= 11 is 0. The lowest BCUT2D eigenvalue weighted by Crippen LogP contribution is -2.30. The van der Waals surface area contributed by atoms with Crippen LogP contribution < -0.4 is 10.6 Å². The molecule has 0 atom stereocenters. The van der Waals surface area contributed by atoms with E-state index < -0.39 is 0 Å². The van der Waals surface area contributed by atoms with Gasteiger partial charge in [0.1, 0.15) is 18.0 Å². The van der Waals surface area contributed by atoms with Gasteiger partial charge in [-0.3, -0.25) is 9.98 Å². The zero-order valence-corrected chi connectivity index (χ0v) is 16.7. The van der Waals surface area contributed by atoms with Gasteiger partial charge in [-0.25, -0.2) is 15.0 Å². The average molecular weight is 397 g/mol. The van der Waals surface area contributed by atoms with E-state index in [0.717, 1.165) is 72.9 Å². The Labute approximate surface area is 175 Å². The molecule has 150 valence electrons. The molecule has 5 rings (SSSR count). The molecule has 0 amide bonds. The molecule has 0 bridgehead atoms. The molecule has 1 aromatic heterocycles. The van der Waals surface area contributed by atoms with E-state index >= 15 is 0 Å². The number of nitrogens with one attached hydrogen (secondary N) is 2. The van der Waals surface area contributed by atoms with Crippen molar-refractivity contribution in [2.75, 3.05) is 26.2 Å². The van der Waals surface area contributed by atoms with E-state index in [0.29, 0.717) is 11.6 Å². The molecule has 7 heteroatoms. The fourth-order valence-corrected chi connectivity index (χ4v) is 3.58. The first kappa shape index (κ1) is 18.4. The third-order valence-corrected chi connectivity index (χ3v) is 5.20. The maximum absolute atomic E-state index is 4.68. The second-order valence-corrected chi connectivity index (χ2v) is 7.31. The zero-order chi connectivity index (χ0) is 20.2. The average Bonchev–Trinajstić information content (AvgIpc) is 2.85. The summed E-state index contributed by atoms with van der Waals surface area (Å²) in [6.45, 7) is 3.70. The smallest absolute Gasteiger partial charge is 0.163 e. The summed E-state index contributed by atoms with van der Waals surface area (Å²) in [5.41, 5.74) is 4.08. The summed E-state index contributed by atoms with van der Waals surface area (Å²) in [6.07, 6.45) is 3.74. The van der Waals surface area contributed by atoms with Crippen molar-refractivity contribution in [2.24, 2.45) is 9.98 Å². The van der Waals surface area contributed by atoms with E-state index in [1.807, 2.05) is 24.3 Å². The summed E-state index contributed by atoms with van der Waals surface area (Å²) in [6, 6.07) is 16.4. The van der Waals surface area contributed by atoms with Gasteiger partial charge in [0, 0.05) is 48.4 Å². The number of rotatable bonds is 4. The van der Waals surface area contributed by atoms with Crippen molar-refractivity contribution < 1.29 is 0 Å². The quantitative estimate of drug-likeness (QED) is 0.707. The minimum atomic E-state index is 0.660. The summed E-state index contributed by atoms with van der Waals surface area (Å²) in [7, 11) is 0. The molecular formula is C23H23N7. The lowest BCUT2D eigenvalue weighted by atomic mass is 10.1. The standard InChI is InChI=1S/C23H23N7/c1-11-24-20(25-12-1)16-3-7-18(8-4-16)22-28-15-29-23(30-22)19-9-5-17(6-10-19)21-26-13-2-14-27-21/h3-10,15H,1-2,11-14H2,(H,24,25)(H,26,27). The molecule has 2 aliphatic heterocycles. The van der Waals surface area contributed by atoms with Crippen LogP contribution in [0.25, 0.3) is 22.8 Å². The Kier molecular flexibility index (Phi) is 5.16. The van der Waals surface area contributed by atoms with Gasteiger partial charge in [0.05, 0.1) is 0 Å². The molecule has 2 N–H and O–H groups in total. The van der Waals surface area contributed by atoms with Gasteiger partial charge in [0.25, 0.3) is 0 Å². The van der Waals surface area contributed by atoms with E-state index in [1.54, 1.807) is 6.33 Å². The third kappa shape index (κ3) is 3.91. The van der Waals surface area contributed by atoms with Gasteiger partial charge in [0.15, 0.2) is 11.6 Å². The highest BCUT2D eigenvalue weighted by Crippen LogP contribution is 2.20. The van der Waals surface area contributed by atoms with Crippen LogP contribution in [0, 0.1) is 0 Å². The molecule has 30 heavy (non-hydrogen) atoms. The molecule has 0 saturated heterocycles. The normalized spacial score (nSPS) is 16.1. The zero-order valence-electron chi connectivity index (χ0n) is 16.7. The summed E-state index contributed by atoms with van der Waals surface area (Å²) < 4.78 is 0. The van der Waals surface area contributed by atoms with Crippen LogP contribution in [-0.2, 0) is 0 Å². The minimum absolute atomic E-state index is 0.660. The summed E-state index contributed by atoms with van der Waals surface area (Å²) in [5, 5.41) is 6.70. The Morgan fingerprint density at radius 1 is 0.567 bits per heavy atom. The lowest BCUT2D eigenvalue weighted by molar-refractivity contribution is 0.742. The Balaban J connectivity index is 1.37. The van der Waals surface area contributed by atoms with E-state index in [9.17, 15) is 0 Å². The molecule has 2 aliphatic rings. The van der Waals surface area contributed by atoms with Gasteiger partial charge in [-0.1, -0.05) is 48.5 Å². The van der Waals surface area contributed by atoms with Crippen molar-refractivity contribution >= 4 is 11.7 Å². The summed E-state index contributed by atoms with van der Waals surface area (Å²) in [5.74, 6) is 3.24. The highest BCUT2D eigenvalue weighted by Gasteiger charge is 2.11. The van der Waals surface area contributed by atoms with Gasteiger partial charge >= 0.3 is 0 Å². The predicted molar refractivity (Wildman–Crippen MR) is 119 cm³/mol. The maximum Gasteiger partial charge on any atom is 0.163 e. The van der Waals surface area contributed by atoms with Crippen molar-refractivity contribution in [1.29, 1.82) is 0 Å². The number of hydrogen-bond donors (Lipinski definition) is 2. The maximum atomic E-state index is 4.68. The molecule has 0 aliphatic carbocycles. The molecule has 0 radical (unpaired) electrons. The van der Waals surface area contributed by atoms with Crippen LogP contribution in [-0.4, -0.2) is 52.8 Å². The van der Waals surface area contributed by atoms with Gasteiger partial charge in [-0.15, -0.1) is 0 Å². The van der Waals surface area contributed by atoms with Gasteiger partial charge in [-0.2, -0.15) is 0 Å². The summed E-state index contributed by atoms with van der Waals surface area (Å²) in [4.78, 5) is 22.5. The van der Waals surface area contributed by atoms with Crippen molar-refractivity contribution in [1.82, 2.24) is 25.6 Å². The number of nitrogens with zero attached hydrogens (tertiary/aromatic N) is 5. The van der Waals surface area contributed by atoms with E-state index in [1.165, 1.54) is 0 Å². The third-order valence-electron chi connectivity index (χ3n) is 5.20. The molecule has 3 heterocycles. The van der Waals surface area contributed by atoms with Crippen molar-refractivity contribution in [2.45, 2.75) is 12.8 Å². The number of aromatic nitrogens is 3. The highest BCUT2D eigenvalue weighted by molar-refractivity contribution is 6.00.